The summed E-state index contributed by atoms with van der Waals surface area (Å²) in [4.78, 5) is 1.34. The quantitative estimate of drug-likeness (QED) is 0.684. The predicted molar refractivity (Wildman–Crippen MR) is 71.8 cm³/mol. The Bertz CT molecular complexity index is 553. The summed E-state index contributed by atoms with van der Waals surface area (Å²) >= 11 is 0. The Balaban J connectivity index is 2.14. The summed E-state index contributed by atoms with van der Waals surface area (Å²) in [5.74, 6) is 4.80. The number of halogens is 4. The smallest absolute Gasteiger partial charge is 0.320 e. The first-order valence-corrected chi connectivity index (χ1v) is 6.66. The van der Waals surface area contributed by atoms with Gasteiger partial charge in [0, 0.05) is 18.2 Å². The van der Waals surface area contributed by atoms with Crippen LogP contribution in [0.1, 0.15) is 24.0 Å². The summed E-state index contributed by atoms with van der Waals surface area (Å²) in [5, 5.41) is 0. The van der Waals surface area contributed by atoms with E-state index in [1.807, 2.05) is 0 Å². The predicted octanol–water partition coefficient (Wildman–Crippen LogP) is 2.66. The topological polar surface area (TPSA) is 29.3 Å². The second-order valence-corrected chi connectivity index (χ2v) is 5.11. The molecule has 114 valence electrons. The number of hydrogen-bond acceptors (Lipinski definition) is 2. The van der Waals surface area contributed by atoms with E-state index in [4.69, 9.17) is 5.73 Å². The van der Waals surface area contributed by atoms with Gasteiger partial charge in [0.1, 0.15) is 5.82 Å². The molecule has 0 saturated heterocycles. The second-order valence-electron chi connectivity index (χ2n) is 5.11. The molecule has 0 aliphatic heterocycles. The van der Waals surface area contributed by atoms with E-state index >= 15 is 0 Å². The van der Waals surface area contributed by atoms with Crippen molar-refractivity contribution >= 4 is 0 Å². The van der Waals surface area contributed by atoms with Gasteiger partial charge in [0.25, 0.3) is 0 Å². The van der Waals surface area contributed by atoms with Crippen LogP contribution < -0.4 is 5.73 Å². The van der Waals surface area contributed by atoms with E-state index < -0.39 is 18.5 Å². The Hall–Kier alpha value is -1.58. The number of nitrogens with two attached hydrogens (primary N) is 1. The minimum absolute atomic E-state index is 0.0616. The fraction of sp³-hybridized carbons (Fsp3) is 0.467. The maximum Gasteiger partial charge on any atom is 0.401 e. The molecular formula is C15H16F4N2. The Labute approximate surface area is 120 Å². The third-order valence-corrected chi connectivity index (χ3v) is 3.12. The molecule has 1 fully saturated rings. The highest BCUT2D eigenvalue weighted by molar-refractivity contribution is 5.38. The van der Waals surface area contributed by atoms with E-state index in [0.717, 1.165) is 12.8 Å². The molecule has 0 radical (unpaired) electrons. The fourth-order valence-corrected chi connectivity index (χ4v) is 2.19. The summed E-state index contributed by atoms with van der Waals surface area (Å²) in [6.07, 6.45) is -2.74. The van der Waals surface area contributed by atoms with Crippen LogP contribution in [0.25, 0.3) is 0 Å². The number of nitrogens with zero attached hydrogens (tertiary/aromatic N) is 1. The van der Waals surface area contributed by atoms with Gasteiger partial charge in [0.2, 0.25) is 0 Å². The van der Waals surface area contributed by atoms with E-state index in [1.54, 1.807) is 6.07 Å². The average Bonchev–Trinajstić information content (AvgIpc) is 3.17. The zero-order valence-corrected chi connectivity index (χ0v) is 11.4. The highest BCUT2D eigenvalue weighted by atomic mass is 19.4. The van der Waals surface area contributed by atoms with Crippen molar-refractivity contribution in [3.05, 3.63) is 35.1 Å². The molecule has 0 atom stereocenters. The second kappa shape index (κ2) is 6.46. The fourth-order valence-electron chi connectivity index (χ4n) is 2.19. The molecule has 0 spiro atoms. The van der Waals surface area contributed by atoms with Gasteiger partial charge >= 0.3 is 6.18 Å². The SMILES string of the molecule is NCC#Cc1cc(F)cc(CN(CC(F)(F)F)C2CC2)c1. The monoisotopic (exact) mass is 300 g/mol. The lowest BCUT2D eigenvalue weighted by atomic mass is 10.1. The minimum Gasteiger partial charge on any atom is -0.320 e. The third-order valence-electron chi connectivity index (χ3n) is 3.12. The first-order valence-electron chi connectivity index (χ1n) is 6.66. The average molecular weight is 300 g/mol. The van der Waals surface area contributed by atoms with Crippen LogP contribution in [0.15, 0.2) is 18.2 Å². The van der Waals surface area contributed by atoms with Crippen LogP contribution >= 0.6 is 0 Å². The lowest BCUT2D eigenvalue weighted by Crippen LogP contribution is -2.35. The molecule has 2 N–H and O–H groups in total. The Kier molecular flexibility index (Phi) is 4.86. The van der Waals surface area contributed by atoms with E-state index in [1.165, 1.54) is 17.0 Å². The minimum atomic E-state index is -4.25. The molecule has 2 nitrogen and oxygen atoms in total. The van der Waals surface area contributed by atoms with Crippen LogP contribution in [0.5, 0.6) is 0 Å². The zero-order valence-electron chi connectivity index (χ0n) is 11.4. The van der Waals surface area contributed by atoms with Crippen molar-refractivity contribution < 1.29 is 17.6 Å². The largest absolute Gasteiger partial charge is 0.401 e. The van der Waals surface area contributed by atoms with Crippen LogP contribution in [0, 0.1) is 17.7 Å². The van der Waals surface area contributed by atoms with Crippen LogP contribution in [0.4, 0.5) is 17.6 Å². The van der Waals surface area contributed by atoms with Gasteiger partial charge in [-0.2, -0.15) is 13.2 Å². The molecule has 1 saturated carbocycles. The van der Waals surface area contributed by atoms with E-state index in [-0.39, 0.29) is 19.1 Å². The van der Waals surface area contributed by atoms with Crippen molar-refractivity contribution in [1.82, 2.24) is 4.90 Å². The number of hydrogen-bond donors (Lipinski definition) is 1. The summed E-state index contributed by atoms with van der Waals surface area (Å²) in [5.41, 5.74) is 6.17. The van der Waals surface area contributed by atoms with Crippen molar-refractivity contribution in [2.24, 2.45) is 5.73 Å². The van der Waals surface area contributed by atoms with Crippen LogP contribution in [0.2, 0.25) is 0 Å². The number of rotatable bonds is 4. The van der Waals surface area contributed by atoms with Crippen molar-refractivity contribution in [3.63, 3.8) is 0 Å². The van der Waals surface area contributed by atoms with Crippen molar-refractivity contribution in [2.45, 2.75) is 31.6 Å². The highest BCUT2D eigenvalue weighted by Gasteiger charge is 2.37. The van der Waals surface area contributed by atoms with Crippen LogP contribution in [0.3, 0.4) is 0 Å². The van der Waals surface area contributed by atoms with Crippen molar-refractivity contribution in [3.8, 4) is 11.8 Å². The molecule has 0 unspecified atom stereocenters. The lowest BCUT2D eigenvalue weighted by Gasteiger charge is -2.23. The number of alkyl halides is 3. The lowest BCUT2D eigenvalue weighted by molar-refractivity contribution is -0.148. The van der Waals surface area contributed by atoms with Crippen molar-refractivity contribution in [1.29, 1.82) is 0 Å². The maximum atomic E-state index is 13.5. The number of benzene rings is 1. The molecule has 0 heterocycles. The molecule has 1 aliphatic rings. The van der Waals surface area contributed by atoms with Crippen molar-refractivity contribution in [2.75, 3.05) is 13.1 Å². The molecule has 2 rings (SSSR count). The summed E-state index contributed by atoms with van der Waals surface area (Å²) in [6, 6.07) is 4.04. The third kappa shape index (κ3) is 5.37. The molecule has 21 heavy (non-hydrogen) atoms. The van der Waals surface area contributed by atoms with Crippen LogP contribution in [-0.4, -0.2) is 30.2 Å². The van der Waals surface area contributed by atoms with Gasteiger partial charge in [0.15, 0.2) is 0 Å². The normalized spacial score (nSPS) is 15.0. The van der Waals surface area contributed by atoms with Gasteiger partial charge in [-0.3, -0.25) is 4.90 Å². The maximum absolute atomic E-state index is 13.5. The summed E-state index contributed by atoms with van der Waals surface area (Å²) in [6.45, 7) is -0.759. The summed E-state index contributed by atoms with van der Waals surface area (Å²) in [7, 11) is 0. The van der Waals surface area contributed by atoms with Gasteiger partial charge in [-0.15, -0.1) is 0 Å². The standard InChI is InChI=1S/C15H16F4N2/c16-13-7-11(2-1-5-20)6-12(8-13)9-21(14-3-4-14)10-15(17,18)19/h6-8,14H,3-5,9-10,20H2. The first kappa shape index (κ1) is 15.8. The van der Waals surface area contributed by atoms with E-state index in [0.29, 0.717) is 11.1 Å². The molecule has 0 aromatic heterocycles. The van der Waals surface area contributed by atoms with Gasteiger partial charge in [0.05, 0.1) is 13.1 Å². The molecule has 1 aromatic carbocycles. The van der Waals surface area contributed by atoms with Gasteiger partial charge in [-0.1, -0.05) is 11.8 Å². The molecule has 1 aliphatic carbocycles. The molecular weight excluding hydrogens is 284 g/mol. The first-order chi connectivity index (χ1) is 9.87. The van der Waals surface area contributed by atoms with Crippen LogP contribution in [-0.2, 0) is 6.54 Å². The van der Waals surface area contributed by atoms with E-state index in [2.05, 4.69) is 11.8 Å². The Morgan fingerprint density at radius 1 is 1.24 bits per heavy atom. The van der Waals surface area contributed by atoms with Gasteiger partial charge in [-0.05, 0) is 36.6 Å². The van der Waals surface area contributed by atoms with E-state index in [9.17, 15) is 17.6 Å². The van der Waals surface area contributed by atoms with Gasteiger partial charge in [-0.25, -0.2) is 4.39 Å². The Morgan fingerprint density at radius 3 is 2.52 bits per heavy atom. The zero-order chi connectivity index (χ0) is 15.5. The molecule has 6 heteroatoms. The van der Waals surface area contributed by atoms with Gasteiger partial charge < -0.3 is 5.73 Å². The Morgan fingerprint density at radius 2 is 1.95 bits per heavy atom. The molecule has 0 amide bonds. The molecule has 0 bridgehead atoms. The highest BCUT2D eigenvalue weighted by Crippen LogP contribution is 2.31. The molecule has 1 aromatic rings. The summed E-state index contributed by atoms with van der Waals surface area (Å²) < 4.78 is 51.2.